The molecule has 0 saturated carbocycles. The van der Waals surface area contributed by atoms with Crippen LogP contribution in [0.15, 0.2) is 57.1 Å². The Balaban J connectivity index is 1.73. The second kappa shape index (κ2) is 8.54. The van der Waals surface area contributed by atoms with Crippen LogP contribution >= 0.6 is 23.2 Å². The molecule has 0 bridgehead atoms. The standard InChI is InChI=1S/C24H26Cl2N4O3/c1-6-24(4,5)21-22(31)28-23(32)30(29-21)14-9-16(25)20(17(26)10-14)33-18-11-27-13(3)19-12(2)7-8-15(18)19/h9-12,27H,3,6-8H2,1-2,4-5H3,(H,28,31,32). The first kappa shape index (κ1) is 23.4. The summed E-state index contributed by atoms with van der Waals surface area (Å²) in [6.07, 6.45) is 4.32. The number of allylic oxidation sites excluding steroid dienone is 2. The van der Waals surface area contributed by atoms with Gasteiger partial charge in [0.1, 0.15) is 11.5 Å². The highest BCUT2D eigenvalue weighted by Gasteiger charge is 2.31. The summed E-state index contributed by atoms with van der Waals surface area (Å²) in [5, 5.41) is 7.92. The van der Waals surface area contributed by atoms with Crippen molar-refractivity contribution in [3.63, 3.8) is 0 Å². The van der Waals surface area contributed by atoms with Crippen LogP contribution in [0.3, 0.4) is 0 Å². The maximum atomic E-state index is 12.5. The van der Waals surface area contributed by atoms with Crippen LogP contribution < -0.4 is 21.3 Å². The lowest BCUT2D eigenvalue weighted by atomic mass is 9.87. The van der Waals surface area contributed by atoms with Crippen LogP contribution in [0.5, 0.6) is 5.75 Å². The third-order valence-electron chi connectivity index (χ3n) is 6.44. The van der Waals surface area contributed by atoms with Gasteiger partial charge in [0.25, 0.3) is 5.56 Å². The highest BCUT2D eigenvalue weighted by atomic mass is 35.5. The Morgan fingerprint density at radius 3 is 2.58 bits per heavy atom. The number of benzene rings is 1. The fourth-order valence-corrected chi connectivity index (χ4v) is 4.70. The van der Waals surface area contributed by atoms with Gasteiger partial charge in [0.05, 0.1) is 15.7 Å². The van der Waals surface area contributed by atoms with Crippen LogP contribution in [0.1, 0.15) is 52.7 Å². The van der Waals surface area contributed by atoms with E-state index in [4.69, 9.17) is 27.9 Å². The van der Waals surface area contributed by atoms with Gasteiger partial charge in [0.15, 0.2) is 5.75 Å². The van der Waals surface area contributed by atoms with Gasteiger partial charge in [-0.15, -0.1) is 0 Å². The van der Waals surface area contributed by atoms with Gasteiger partial charge in [-0.25, -0.2) is 4.79 Å². The summed E-state index contributed by atoms with van der Waals surface area (Å²) in [4.78, 5) is 27.2. The summed E-state index contributed by atoms with van der Waals surface area (Å²) in [5.41, 5.74) is 2.00. The first-order valence-corrected chi connectivity index (χ1v) is 11.6. The molecule has 1 unspecified atom stereocenters. The van der Waals surface area contributed by atoms with E-state index in [0.29, 0.717) is 23.8 Å². The number of hydrogen-bond acceptors (Lipinski definition) is 5. The molecule has 0 amide bonds. The number of nitrogens with zero attached hydrogens (tertiary/aromatic N) is 2. The Kier molecular flexibility index (Phi) is 6.05. The average Bonchev–Trinajstić information content (AvgIpc) is 3.14. The van der Waals surface area contributed by atoms with E-state index in [2.05, 4.69) is 28.9 Å². The van der Waals surface area contributed by atoms with E-state index in [9.17, 15) is 9.59 Å². The van der Waals surface area contributed by atoms with Gasteiger partial charge in [-0.3, -0.25) is 9.78 Å². The number of aromatic nitrogens is 3. The molecule has 2 aromatic rings. The van der Waals surface area contributed by atoms with E-state index in [1.54, 1.807) is 18.3 Å². The normalized spacial score (nSPS) is 18.2. The van der Waals surface area contributed by atoms with E-state index in [-0.39, 0.29) is 21.5 Å². The van der Waals surface area contributed by atoms with Crippen LogP contribution in [-0.2, 0) is 5.41 Å². The third kappa shape index (κ3) is 4.15. The lowest BCUT2D eigenvalue weighted by molar-refractivity contribution is 0.427. The van der Waals surface area contributed by atoms with Gasteiger partial charge in [-0.1, -0.05) is 57.5 Å². The van der Waals surface area contributed by atoms with Gasteiger partial charge < -0.3 is 10.1 Å². The molecular formula is C24H26Cl2N4O3. The highest BCUT2D eigenvalue weighted by molar-refractivity contribution is 6.37. The second-order valence-corrected chi connectivity index (χ2v) is 9.88. The number of hydrogen-bond donors (Lipinski definition) is 2. The van der Waals surface area contributed by atoms with E-state index < -0.39 is 16.7 Å². The number of nitrogens with one attached hydrogen (secondary N) is 2. The van der Waals surface area contributed by atoms with Crippen LogP contribution in [0.4, 0.5) is 0 Å². The topological polar surface area (TPSA) is 89.0 Å². The van der Waals surface area contributed by atoms with E-state index >= 15 is 0 Å². The fraction of sp³-hybridized carbons (Fsp3) is 0.375. The van der Waals surface area contributed by atoms with Gasteiger partial charge in [-0.05, 0) is 42.9 Å². The highest BCUT2D eigenvalue weighted by Crippen LogP contribution is 2.43. The zero-order chi connectivity index (χ0) is 24.1. The summed E-state index contributed by atoms with van der Waals surface area (Å²) >= 11 is 13.1. The van der Waals surface area contributed by atoms with Crippen molar-refractivity contribution >= 4 is 23.2 Å². The zero-order valence-corrected chi connectivity index (χ0v) is 20.5. The van der Waals surface area contributed by atoms with Gasteiger partial charge in [0, 0.05) is 22.9 Å². The van der Waals surface area contributed by atoms with Crippen molar-refractivity contribution < 1.29 is 4.74 Å². The number of halogens is 2. The van der Waals surface area contributed by atoms with Crippen LogP contribution in [-0.4, -0.2) is 14.8 Å². The number of H-pyrrole nitrogens is 1. The Morgan fingerprint density at radius 2 is 1.94 bits per heavy atom. The molecule has 174 valence electrons. The third-order valence-corrected chi connectivity index (χ3v) is 7.00. The summed E-state index contributed by atoms with van der Waals surface area (Å²) in [5.74, 6) is 1.31. The zero-order valence-electron chi connectivity index (χ0n) is 19.0. The molecule has 4 rings (SSSR count). The van der Waals surface area contributed by atoms with E-state index in [1.807, 2.05) is 20.8 Å². The molecule has 33 heavy (non-hydrogen) atoms. The molecule has 1 aromatic carbocycles. The van der Waals surface area contributed by atoms with Gasteiger partial charge in [-0.2, -0.15) is 9.78 Å². The minimum absolute atomic E-state index is 0.215. The molecule has 1 aliphatic carbocycles. The average molecular weight is 489 g/mol. The predicted molar refractivity (Wildman–Crippen MR) is 130 cm³/mol. The van der Waals surface area contributed by atoms with Gasteiger partial charge >= 0.3 is 5.69 Å². The van der Waals surface area contributed by atoms with Crippen molar-refractivity contribution in [3.05, 3.63) is 84.1 Å². The molecule has 0 fully saturated rings. The van der Waals surface area contributed by atoms with Crippen molar-refractivity contribution in [2.24, 2.45) is 5.92 Å². The van der Waals surface area contributed by atoms with Crippen molar-refractivity contribution in [2.75, 3.05) is 0 Å². The maximum Gasteiger partial charge on any atom is 0.349 e. The summed E-state index contributed by atoms with van der Waals surface area (Å²) in [6, 6.07) is 3.08. The molecule has 1 aromatic heterocycles. The molecular weight excluding hydrogens is 463 g/mol. The van der Waals surface area contributed by atoms with Crippen molar-refractivity contribution in [2.45, 2.75) is 52.4 Å². The molecule has 0 radical (unpaired) electrons. The number of ether oxygens (including phenoxy) is 1. The Labute approximate surface area is 201 Å². The lowest BCUT2D eigenvalue weighted by Gasteiger charge is -2.23. The molecule has 2 N–H and O–H groups in total. The summed E-state index contributed by atoms with van der Waals surface area (Å²) < 4.78 is 7.23. The quantitative estimate of drug-likeness (QED) is 0.619. The first-order chi connectivity index (χ1) is 15.5. The Bertz CT molecular complexity index is 1310. The van der Waals surface area contributed by atoms with Crippen LogP contribution in [0.2, 0.25) is 10.0 Å². The van der Waals surface area contributed by atoms with E-state index in [0.717, 1.165) is 34.4 Å². The predicted octanol–water partition coefficient (Wildman–Crippen LogP) is 4.98. The molecule has 7 nitrogen and oxygen atoms in total. The fourth-order valence-electron chi connectivity index (χ4n) is 4.14. The molecule has 1 atom stereocenters. The number of rotatable bonds is 5. The number of aromatic amines is 1. The van der Waals surface area contributed by atoms with E-state index in [1.165, 1.54) is 0 Å². The largest absolute Gasteiger partial charge is 0.452 e. The Hall–Kier alpha value is -2.77. The Morgan fingerprint density at radius 1 is 1.27 bits per heavy atom. The second-order valence-electron chi connectivity index (χ2n) is 9.06. The van der Waals surface area contributed by atoms with Crippen LogP contribution in [0.25, 0.3) is 5.69 Å². The molecule has 9 heteroatoms. The molecule has 0 saturated heterocycles. The summed E-state index contributed by atoms with van der Waals surface area (Å²) in [7, 11) is 0. The minimum atomic E-state index is -0.677. The monoisotopic (exact) mass is 488 g/mol. The van der Waals surface area contributed by atoms with Crippen molar-refractivity contribution in [1.82, 2.24) is 20.1 Å². The van der Waals surface area contributed by atoms with Crippen molar-refractivity contribution in [3.8, 4) is 11.4 Å². The number of dihydropyridines is 1. The maximum absolute atomic E-state index is 12.5. The molecule has 0 spiro atoms. The SMILES string of the molecule is C=C1NC=C(Oc2c(Cl)cc(-n3nc(C(C)(C)CC)c(=O)[nH]c3=O)cc2Cl)C2=C1C(C)CC2. The summed E-state index contributed by atoms with van der Waals surface area (Å²) in [6.45, 7) is 12.0. The smallest absolute Gasteiger partial charge is 0.349 e. The molecule has 1 aliphatic heterocycles. The van der Waals surface area contributed by atoms with Crippen molar-refractivity contribution in [1.29, 1.82) is 0 Å². The van der Waals surface area contributed by atoms with Crippen LogP contribution in [0, 0.1) is 5.92 Å². The molecule has 2 heterocycles. The van der Waals surface area contributed by atoms with Gasteiger partial charge in [0.2, 0.25) is 0 Å². The molecule has 2 aliphatic rings. The minimum Gasteiger partial charge on any atom is -0.452 e. The first-order valence-electron chi connectivity index (χ1n) is 10.8. The lowest BCUT2D eigenvalue weighted by Crippen LogP contribution is -2.39.